The SMILES string of the molecule is CN[C@@H](C)C(=O)NC(C(=O)N1CC[C@@H]2CCN(CCc3ccc(OCCOCCOCCOCCNc4ccc(C(=O)N[C@H]5C(C)(C)[C@H](Oc6ccc(C#N)c(Cl)c6)C5(C)C)cc4)cc3)C[C@@H]21)C1CCCCC1. The lowest BCUT2D eigenvalue weighted by Crippen LogP contribution is -2.74. The van der Waals surface area contributed by atoms with Crippen LogP contribution in [0.4, 0.5) is 5.69 Å². The monoisotopic (exact) mass is 1030 g/mol. The van der Waals surface area contributed by atoms with Gasteiger partial charge in [-0.15, -0.1) is 0 Å². The molecule has 7 rings (SSSR count). The maximum absolute atomic E-state index is 14.2. The molecule has 0 radical (unpaired) electrons. The largest absolute Gasteiger partial charge is 0.491 e. The molecule has 2 saturated heterocycles. The summed E-state index contributed by atoms with van der Waals surface area (Å²) in [5.41, 5.74) is 2.42. The molecule has 15 nitrogen and oxygen atoms in total. The molecule has 4 atom stereocenters. The number of fused-ring (bicyclic) bond motifs is 1. The van der Waals surface area contributed by atoms with Crippen LogP contribution in [0, 0.1) is 34.0 Å². The van der Waals surface area contributed by atoms with Gasteiger partial charge in [-0.2, -0.15) is 5.26 Å². The van der Waals surface area contributed by atoms with Crippen LogP contribution in [0.2, 0.25) is 5.02 Å². The minimum absolute atomic E-state index is 0.0951. The highest BCUT2D eigenvalue weighted by molar-refractivity contribution is 6.31. The molecule has 0 aromatic heterocycles. The van der Waals surface area contributed by atoms with E-state index >= 15 is 0 Å². The van der Waals surface area contributed by atoms with E-state index in [-0.39, 0.29) is 58.7 Å². The fourth-order valence-electron chi connectivity index (χ4n) is 11.7. The lowest BCUT2D eigenvalue weighted by Gasteiger charge is -2.63. The van der Waals surface area contributed by atoms with E-state index in [2.05, 4.69) is 77.0 Å². The number of nitrogens with zero attached hydrogens (tertiary/aromatic N) is 3. The van der Waals surface area contributed by atoms with Crippen molar-refractivity contribution in [1.82, 2.24) is 25.8 Å². The van der Waals surface area contributed by atoms with Crippen LogP contribution in [0.5, 0.6) is 11.5 Å². The maximum atomic E-state index is 14.2. The molecule has 0 spiro atoms. The molecule has 2 aliphatic heterocycles. The topological polar surface area (TPSA) is 176 Å². The van der Waals surface area contributed by atoms with Crippen LogP contribution in [-0.4, -0.2) is 144 Å². The minimum atomic E-state index is -0.441. The second kappa shape index (κ2) is 26.5. The van der Waals surface area contributed by atoms with Gasteiger partial charge in [0.25, 0.3) is 5.91 Å². The number of hydrogen-bond acceptors (Lipinski definition) is 12. The molecule has 4 aliphatic rings. The number of rotatable bonds is 26. The second-order valence-electron chi connectivity index (χ2n) is 21.5. The summed E-state index contributed by atoms with van der Waals surface area (Å²) in [5.74, 6) is 2.03. The Hall–Kier alpha value is -4.95. The van der Waals surface area contributed by atoms with Crippen LogP contribution in [0.3, 0.4) is 0 Å². The summed E-state index contributed by atoms with van der Waals surface area (Å²) in [4.78, 5) is 45.2. The number of carbonyl (C=O) groups excluding carboxylic acids is 3. The Bertz CT molecular complexity index is 2290. The number of hydrogen-bond donors (Lipinski definition) is 4. The zero-order chi connectivity index (χ0) is 52.0. The predicted octanol–water partition coefficient (Wildman–Crippen LogP) is 7.50. The van der Waals surface area contributed by atoms with Gasteiger partial charge in [0.1, 0.15) is 36.3 Å². The van der Waals surface area contributed by atoms with Crippen molar-refractivity contribution in [3.63, 3.8) is 0 Å². The lowest BCUT2D eigenvalue weighted by molar-refractivity contribution is -0.164. The molecule has 2 heterocycles. The number of halogens is 1. The van der Waals surface area contributed by atoms with Crippen LogP contribution in [-0.2, 0) is 30.2 Å². The Kier molecular flexibility index (Phi) is 20.3. The number of nitriles is 1. The van der Waals surface area contributed by atoms with Gasteiger partial charge in [0.05, 0.1) is 56.3 Å². The van der Waals surface area contributed by atoms with E-state index in [1.165, 1.54) is 12.0 Å². The molecular formula is C57H80ClN7O8. The Morgan fingerprint density at radius 2 is 1.45 bits per heavy atom. The van der Waals surface area contributed by atoms with Crippen LogP contribution >= 0.6 is 11.6 Å². The van der Waals surface area contributed by atoms with E-state index in [0.29, 0.717) is 80.6 Å². The van der Waals surface area contributed by atoms with Crippen LogP contribution in [0.25, 0.3) is 0 Å². The molecule has 16 heteroatoms. The Labute approximate surface area is 438 Å². The first kappa shape index (κ1) is 55.8. The normalized spacial score (nSPS) is 22.2. The van der Waals surface area contributed by atoms with Gasteiger partial charge < -0.3 is 54.8 Å². The summed E-state index contributed by atoms with van der Waals surface area (Å²) in [6.07, 6.45) is 8.33. The highest BCUT2D eigenvalue weighted by Crippen LogP contribution is 2.55. The molecule has 3 amide bonds. The van der Waals surface area contributed by atoms with E-state index in [0.717, 1.165) is 82.6 Å². The highest BCUT2D eigenvalue weighted by Gasteiger charge is 2.64. The van der Waals surface area contributed by atoms with Crippen molar-refractivity contribution in [3.8, 4) is 17.6 Å². The standard InChI is InChI=1S/C57H80ClN7O8/c1-39(60-6)51(66)62-50(42-10-8-7-9-11-42)53(68)65-28-24-41-23-27-64(38-49(41)65)26-22-40-12-19-46(20-13-40)72-35-34-71-33-32-70-31-30-69-29-25-61-45-17-14-43(15-18-45)52(67)63-54-56(2,3)55(57(54,4)5)73-47-21-16-44(37-59)48(58)36-47/h12-21,36,39,41-42,49-50,54-55,60-61H,7-11,22-35,38H2,1-6H3,(H,62,66)(H,63,67)/t39-,41-,49-,50?,54-,55-/m0/s1. The first-order valence-electron chi connectivity index (χ1n) is 26.7. The minimum Gasteiger partial charge on any atom is -0.491 e. The smallest absolute Gasteiger partial charge is 0.251 e. The Morgan fingerprint density at radius 3 is 2.11 bits per heavy atom. The van der Waals surface area contributed by atoms with E-state index in [1.54, 1.807) is 25.2 Å². The van der Waals surface area contributed by atoms with Crippen molar-refractivity contribution in [2.75, 3.05) is 91.3 Å². The molecule has 3 aromatic carbocycles. The van der Waals surface area contributed by atoms with E-state index in [4.69, 9.17) is 35.3 Å². The maximum Gasteiger partial charge on any atom is 0.251 e. The number of anilines is 1. The number of ether oxygens (including phenoxy) is 5. The molecule has 398 valence electrons. The molecule has 4 N–H and O–H groups in total. The van der Waals surface area contributed by atoms with Crippen LogP contribution < -0.4 is 30.7 Å². The third kappa shape index (κ3) is 14.7. The number of benzene rings is 3. The van der Waals surface area contributed by atoms with Crippen molar-refractivity contribution in [2.45, 2.75) is 116 Å². The number of amides is 3. The Balaban J connectivity index is 0.701. The molecule has 3 aromatic rings. The zero-order valence-electron chi connectivity index (χ0n) is 44.0. The van der Waals surface area contributed by atoms with Gasteiger partial charge in [0.15, 0.2) is 0 Å². The number of carbonyl (C=O) groups is 3. The zero-order valence-corrected chi connectivity index (χ0v) is 44.8. The summed E-state index contributed by atoms with van der Waals surface area (Å²) in [7, 11) is 1.78. The van der Waals surface area contributed by atoms with Crippen molar-refractivity contribution >= 4 is 35.0 Å². The molecular weight excluding hydrogens is 946 g/mol. The molecule has 73 heavy (non-hydrogen) atoms. The number of piperidine rings is 1. The van der Waals surface area contributed by atoms with E-state index < -0.39 is 6.04 Å². The second-order valence-corrected chi connectivity index (χ2v) is 21.9. The third-order valence-corrected chi connectivity index (χ3v) is 16.1. The summed E-state index contributed by atoms with van der Waals surface area (Å²) in [5, 5.41) is 22.3. The van der Waals surface area contributed by atoms with Gasteiger partial charge in [0, 0.05) is 66.4 Å². The molecule has 2 aliphatic carbocycles. The van der Waals surface area contributed by atoms with Crippen molar-refractivity contribution < 1.29 is 38.1 Å². The van der Waals surface area contributed by atoms with Crippen molar-refractivity contribution in [1.29, 1.82) is 5.26 Å². The van der Waals surface area contributed by atoms with Crippen LogP contribution in [0.15, 0.2) is 66.7 Å². The Morgan fingerprint density at radius 1 is 0.808 bits per heavy atom. The number of likely N-dealkylation sites (N-methyl/N-ethyl adjacent to an activating group) is 1. The fraction of sp³-hybridized carbons (Fsp3) is 0.614. The predicted molar refractivity (Wildman–Crippen MR) is 284 cm³/mol. The van der Waals surface area contributed by atoms with Gasteiger partial charge in [-0.05, 0) is 119 Å². The summed E-state index contributed by atoms with van der Waals surface area (Å²) < 4.78 is 29.4. The van der Waals surface area contributed by atoms with Crippen LogP contribution in [0.1, 0.15) is 101 Å². The van der Waals surface area contributed by atoms with Gasteiger partial charge >= 0.3 is 0 Å². The van der Waals surface area contributed by atoms with Gasteiger partial charge in [-0.1, -0.05) is 70.7 Å². The van der Waals surface area contributed by atoms with E-state index in [9.17, 15) is 19.6 Å². The van der Waals surface area contributed by atoms with Crippen molar-refractivity contribution in [2.24, 2.45) is 22.7 Å². The quantitative estimate of drug-likeness (QED) is 0.0584. The lowest BCUT2D eigenvalue weighted by atomic mass is 9.49. The fourth-order valence-corrected chi connectivity index (χ4v) is 11.9. The molecule has 4 fully saturated rings. The third-order valence-electron chi connectivity index (χ3n) is 15.8. The molecule has 1 unspecified atom stereocenters. The average Bonchev–Trinajstić information content (AvgIpc) is 3.83. The summed E-state index contributed by atoms with van der Waals surface area (Å²) >= 11 is 6.24. The van der Waals surface area contributed by atoms with E-state index in [1.807, 2.05) is 43.3 Å². The first-order chi connectivity index (χ1) is 35.2. The van der Waals surface area contributed by atoms with Gasteiger partial charge in [-0.25, -0.2) is 0 Å². The summed E-state index contributed by atoms with van der Waals surface area (Å²) in [6.45, 7) is 17.7. The first-order valence-corrected chi connectivity index (χ1v) is 27.0. The average molecular weight is 1030 g/mol. The van der Waals surface area contributed by atoms with Gasteiger partial charge in [0.2, 0.25) is 11.8 Å². The summed E-state index contributed by atoms with van der Waals surface area (Å²) in [6, 6.07) is 22.2. The number of likely N-dealkylation sites (tertiary alicyclic amines) is 2. The van der Waals surface area contributed by atoms with Gasteiger partial charge in [-0.3, -0.25) is 14.4 Å². The number of nitrogens with one attached hydrogen (secondary N) is 4. The molecule has 2 saturated carbocycles. The van der Waals surface area contributed by atoms with Crippen molar-refractivity contribution in [3.05, 3.63) is 88.4 Å². The highest BCUT2D eigenvalue weighted by atomic mass is 35.5. The molecule has 0 bridgehead atoms.